The van der Waals surface area contributed by atoms with Crippen LogP contribution in [0, 0.1) is 6.92 Å². The molecule has 0 fully saturated rings. The predicted octanol–water partition coefficient (Wildman–Crippen LogP) is 4.92. The van der Waals surface area contributed by atoms with Gasteiger partial charge in [0.1, 0.15) is 0 Å². The summed E-state index contributed by atoms with van der Waals surface area (Å²) in [4.78, 5) is 0. The minimum Gasteiger partial charge on any atom is -0.381 e. The first kappa shape index (κ1) is 15.6. The number of hydrogen-bond acceptors (Lipinski definition) is 1. The molecule has 18 heavy (non-hydrogen) atoms. The number of benzene rings is 1. The van der Waals surface area contributed by atoms with Gasteiger partial charge in [-0.15, -0.1) is 0 Å². The van der Waals surface area contributed by atoms with Gasteiger partial charge in [-0.05, 0) is 36.6 Å². The summed E-state index contributed by atoms with van der Waals surface area (Å²) in [7, 11) is 0. The summed E-state index contributed by atoms with van der Waals surface area (Å²) in [6.45, 7) is 4.53. The minimum absolute atomic E-state index is 0.0835. The zero-order chi connectivity index (χ0) is 13.5. The lowest BCUT2D eigenvalue weighted by Gasteiger charge is -2.19. The molecule has 1 atom stereocenters. The van der Waals surface area contributed by atoms with Crippen molar-refractivity contribution >= 4 is 15.9 Å². The minimum atomic E-state index is -2.40. The van der Waals surface area contributed by atoms with Crippen LogP contribution in [0.3, 0.4) is 0 Å². The molecular weight excluding hydrogens is 302 g/mol. The van der Waals surface area contributed by atoms with Crippen molar-refractivity contribution in [2.24, 2.45) is 0 Å². The van der Waals surface area contributed by atoms with E-state index in [1.807, 2.05) is 19.9 Å². The second-order valence-corrected chi connectivity index (χ2v) is 5.29. The SMILES string of the molecule is CCCCOC[C@@H](c1ccc(Br)cc1C)C(F)F. The van der Waals surface area contributed by atoms with E-state index in [4.69, 9.17) is 4.74 Å². The van der Waals surface area contributed by atoms with Crippen LogP contribution in [-0.4, -0.2) is 19.6 Å². The number of aryl methyl sites for hydroxylation is 1. The molecule has 1 rings (SSSR count). The maximum atomic E-state index is 13.1. The molecule has 0 N–H and O–H groups in total. The molecule has 0 heterocycles. The fourth-order valence-corrected chi connectivity index (χ4v) is 2.29. The molecule has 0 radical (unpaired) electrons. The quantitative estimate of drug-likeness (QED) is 0.648. The van der Waals surface area contributed by atoms with Crippen LogP contribution < -0.4 is 0 Å². The fraction of sp³-hybridized carbons (Fsp3) is 0.571. The first-order valence-corrected chi connectivity index (χ1v) is 6.97. The van der Waals surface area contributed by atoms with E-state index in [0.717, 1.165) is 22.9 Å². The van der Waals surface area contributed by atoms with Gasteiger partial charge in [0.2, 0.25) is 6.43 Å². The van der Waals surface area contributed by atoms with Crippen molar-refractivity contribution in [3.05, 3.63) is 33.8 Å². The number of halogens is 3. The van der Waals surface area contributed by atoms with Gasteiger partial charge >= 0.3 is 0 Å². The number of alkyl halides is 2. The lowest BCUT2D eigenvalue weighted by molar-refractivity contribution is 0.0424. The molecule has 0 unspecified atom stereocenters. The van der Waals surface area contributed by atoms with Gasteiger partial charge in [-0.25, -0.2) is 8.78 Å². The Balaban J connectivity index is 2.71. The Bertz CT molecular complexity index is 369. The molecule has 0 aliphatic rings. The molecule has 0 amide bonds. The third kappa shape index (κ3) is 4.65. The van der Waals surface area contributed by atoms with Gasteiger partial charge in [-0.3, -0.25) is 0 Å². The molecular formula is C14H19BrF2O. The molecule has 0 saturated carbocycles. The summed E-state index contributed by atoms with van der Waals surface area (Å²) in [6.07, 6.45) is -0.474. The summed E-state index contributed by atoms with van der Waals surface area (Å²) in [5.41, 5.74) is 1.54. The van der Waals surface area contributed by atoms with Gasteiger partial charge < -0.3 is 4.74 Å². The normalized spacial score (nSPS) is 13.0. The lowest BCUT2D eigenvalue weighted by atomic mass is 9.96. The molecule has 1 nitrogen and oxygen atoms in total. The smallest absolute Gasteiger partial charge is 0.247 e. The Hall–Kier alpha value is -0.480. The van der Waals surface area contributed by atoms with E-state index in [1.165, 1.54) is 0 Å². The average Bonchev–Trinajstić information content (AvgIpc) is 2.30. The third-order valence-electron chi connectivity index (χ3n) is 2.88. The van der Waals surface area contributed by atoms with E-state index >= 15 is 0 Å². The first-order chi connectivity index (χ1) is 8.56. The molecule has 0 aromatic heterocycles. The first-order valence-electron chi connectivity index (χ1n) is 6.18. The summed E-state index contributed by atoms with van der Waals surface area (Å²) in [5, 5.41) is 0. The van der Waals surface area contributed by atoms with Crippen molar-refractivity contribution < 1.29 is 13.5 Å². The highest BCUT2D eigenvalue weighted by atomic mass is 79.9. The second-order valence-electron chi connectivity index (χ2n) is 4.37. The Kier molecular flexibility index (Phi) is 6.79. The van der Waals surface area contributed by atoms with E-state index in [9.17, 15) is 8.78 Å². The van der Waals surface area contributed by atoms with Gasteiger partial charge in [0.25, 0.3) is 0 Å². The van der Waals surface area contributed by atoms with Crippen LogP contribution in [0.15, 0.2) is 22.7 Å². The average molecular weight is 321 g/mol. The van der Waals surface area contributed by atoms with Gasteiger partial charge in [-0.2, -0.15) is 0 Å². The number of ether oxygens (including phenoxy) is 1. The zero-order valence-corrected chi connectivity index (χ0v) is 12.3. The molecule has 1 aromatic rings. The van der Waals surface area contributed by atoms with Crippen molar-refractivity contribution in [2.75, 3.05) is 13.2 Å². The maximum Gasteiger partial charge on any atom is 0.247 e. The number of unbranched alkanes of at least 4 members (excludes halogenated alkanes) is 1. The molecule has 0 aliphatic carbocycles. The standard InChI is InChI=1S/C14H19BrF2O/c1-3-4-7-18-9-13(14(16)17)12-6-5-11(15)8-10(12)2/h5-6,8,13-14H,3-4,7,9H2,1-2H3/t13-/m0/s1. The van der Waals surface area contributed by atoms with Crippen LogP contribution in [0.4, 0.5) is 8.78 Å². The van der Waals surface area contributed by atoms with Crippen molar-refractivity contribution in [3.8, 4) is 0 Å². The van der Waals surface area contributed by atoms with Gasteiger partial charge in [0.15, 0.2) is 0 Å². The van der Waals surface area contributed by atoms with Crippen LogP contribution in [0.2, 0.25) is 0 Å². The number of hydrogen-bond donors (Lipinski definition) is 0. The second kappa shape index (κ2) is 7.85. The van der Waals surface area contributed by atoms with Crippen LogP contribution in [0.5, 0.6) is 0 Å². The Morgan fingerprint density at radius 1 is 1.33 bits per heavy atom. The summed E-state index contributed by atoms with van der Waals surface area (Å²) < 4.78 is 32.4. The van der Waals surface area contributed by atoms with E-state index < -0.39 is 12.3 Å². The van der Waals surface area contributed by atoms with Gasteiger partial charge in [0.05, 0.1) is 12.5 Å². The molecule has 0 spiro atoms. The Morgan fingerprint density at radius 2 is 2.06 bits per heavy atom. The van der Waals surface area contributed by atoms with Crippen LogP contribution in [0.25, 0.3) is 0 Å². The third-order valence-corrected chi connectivity index (χ3v) is 3.37. The highest BCUT2D eigenvalue weighted by Crippen LogP contribution is 2.28. The predicted molar refractivity (Wildman–Crippen MR) is 73.4 cm³/mol. The van der Waals surface area contributed by atoms with E-state index in [1.54, 1.807) is 12.1 Å². The lowest BCUT2D eigenvalue weighted by Crippen LogP contribution is -2.17. The van der Waals surface area contributed by atoms with E-state index in [2.05, 4.69) is 15.9 Å². The maximum absolute atomic E-state index is 13.1. The molecule has 0 saturated heterocycles. The molecule has 1 aromatic carbocycles. The molecule has 102 valence electrons. The van der Waals surface area contributed by atoms with Crippen molar-refractivity contribution in [1.82, 2.24) is 0 Å². The largest absolute Gasteiger partial charge is 0.381 e. The number of rotatable bonds is 7. The zero-order valence-electron chi connectivity index (χ0n) is 10.8. The van der Waals surface area contributed by atoms with E-state index in [-0.39, 0.29) is 6.61 Å². The molecule has 0 aliphatic heterocycles. The summed E-state index contributed by atoms with van der Waals surface area (Å²) >= 11 is 3.34. The summed E-state index contributed by atoms with van der Waals surface area (Å²) in [5.74, 6) is -0.838. The summed E-state index contributed by atoms with van der Waals surface area (Å²) in [6, 6.07) is 5.40. The highest BCUT2D eigenvalue weighted by Gasteiger charge is 2.24. The van der Waals surface area contributed by atoms with Crippen LogP contribution >= 0.6 is 15.9 Å². The van der Waals surface area contributed by atoms with Crippen molar-refractivity contribution in [1.29, 1.82) is 0 Å². The van der Waals surface area contributed by atoms with Crippen molar-refractivity contribution in [2.45, 2.75) is 39.0 Å². The van der Waals surface area contributed by atoms with Gasteiger partial charge in [-0.1, -0.05) is 35.3 Å². The molecule has 4 heteroatoms. The van der Waals surface area contributed by atoms with E-state index in [0.29, 0.717) is 12.2 Å². The van der Waals surface area contributed by atoms with Gasteiger partial charge in [0, 0.05) is 11.1 Å². The molecule has 0 bridgehead atoms. The topological polar surface area (TPSA) is 9.23 Å². The monoisotopic (exact) mass is 320 g/mol. The van der Waals surface area contributed by atoms with Crippen LogP contribution in [0.1, 0.15) is 36.8 Å². The van der Waals surface area contributed by atoms with Crippen LogP contribution in [-0.2, 0) is 4.74 Å². The Labute approximate surface area is 116 Å². The fourth-order valence-electron chi connectivity index (χ4n) is 1.81. The van der Waals surface area contributed by atoms with Crippen molar-refractivity contribution in [3.63, 3.8) is 0 Å². The Morgan fingerprint density at radius 3 is 2.61 bits per heavy atom. The highest BCUT2D eigenvalue weighted by molar-refractivity contribution is 9.10.